The summed E-state index contributed by atoms with van der Waals surface area (Å²) >= 11 is 1.84. The average molecular weight is 250 g/mol. The molecule has 3 N–H and O–H groups in total. The molecule has 0 aromatic heterocycles. The molecule has 1 amide bonds. The molecule has 0 spiro atoms. The molecule has 1 atom stereocenters. The van der Waals surface area contributed by atoms with Crippen molar-refractivity contribution in [3.8, 4) is 0 Å². The number of amides is 1. The smallest absolute Gasteiger partial charge is 0.228 e. The van der Waals surface area contributed by atoms with Crippen molar-refractivity contribution < 1.29 is 4.79 Å². The third-order valence-electron chi connectivity index (χ3n) is 3.22. The highest BCUT2D eigenvalue weighted by Crippen LogP contribution is 2.27. The van der Waals surface area contributed by atoms with Crippen LogP contribution in [0.2, 0.25) is 0 Å². The summed E-state index contributed by atoms with van der Waals surface area (Å²) in [5, 5.41) is 2.94. The van der Waals surface area contributed by atoms with Gasteiger partial charge in [0, 0.05) is 11.7 Å². The zero-order chi connectivity index (χ0) is 12.4. The van der Waals surface area contributed by atoms with E-state index < -0.39 is 0 Å². The number of thioether (sulfide) groups is 1. The summed E-state index contributed by atoms with van der Waals surface area (Å²) in [5.74, 6) is 2.25. The summed E-state index contributed by atoms with van der Waals surface area (Å²) < 4.78 is 0. The second-order valence-electron chi connectivity index (χ2n) is 4.57. The van der Waals surface area contributed by atoms with Crippen LogP contribution in [0.25, 0.3) is 0 Å². The minimum Gasteiger partial charge on any atom is -0.397 e. The van der Waals surface area contributed by atoms with Gasteiger partial charge >= 0.3 is 0 Å². The summed E-state index contributed by atoms with van der Waals surface area (Å²) in [6, 6.07) is 3.86. The molecular formula is C13H18N2OS. The molecule has 4 heteroatoms. The van der Waals surface area contributed by atoms with E-state index in [1.807, 2.05) is 37.7 Å². The molecule has 2 rings (SSSR count). The number of anilines is 2. The molecule has 0 radical (unpaired) electrons. The van der Waals surface area contributed by atoms with E-state index in [1.165, 1.54) is 0 Å². The van der Waals surface area contributed by atoms with Crippen LogP contribution in [-0.4, -0.2) is 17.4 Å². The van der Waals surface area contributed by atoms with Crippen molar-refractivity contribution in [1.82, 2.24) is 0 Å². The molecule has 1 heterocycles. The third-order valence-corrected chi connectivity index (χ3v) is 4.39. The lowest BCUT2D eigenvalue weighted by Crippen LogP contribution is -2.23. The molecule has 1 aliphatic rings. The van der Waals surface area contributed by atoms with Gasteiger partial charge in [0.1, 0.15) is 0 Å². The van der Waals surface area contributed by atoms with Crippen LogP contribution in [0.1, 0.15) is 17.5 Å². The van der Waals surface area contributed by atoms with Crippen LogP contribution in [0.5, 0.6) is 0 Å². The zero-order valence-corrected chi connectivity index (χ0v) is 11.1. The van der Waals surface area contributed by atoms with Crippen LogP contribution in [0.15, 0.2) is 12.1 Å². The van der Waals surface area contributed by atoms with Gasteiger partial charge in [0.15, 0.2) is 0 Å². The Kier molecular flexibility index (Phi) is 3.62. The Balaban J connectivity index is 2.12. The maximum absolute atomic E-state index is 12.0. The van der Waals surface area contributed by atoms with Crippen LogP contribution >= 0.6 is 11.8 Å². The van der Waals surface area contributed by atoms with Gasteiger partial charge in [0.05, 0.1) is 11.4 Å². The number of nitrogens with two attached hydrogens (primary N) is 1. The first-order chi connectivity index (χ1) is 8.08. The fraction of sp³-hybridized carbons (Fsp3) is 0.462. The molecule has 0 aliphatic carbocycles. The van der Waals surface area contributed by atoms with E-state index >= 15 is 0 Å². The number of benzene rings is 1. The average Bonchev–Trinajstić information content (AvgIpc) is 2.79. The predicted molar refractivity (Wildman–Crippen MR) is 74.4 cm³/mol. The van der Waals surface area contributed by atoms with Gasteiger partial charge in [-0.2, -0.15) is 11.8 Å². The van der Waals surface area contributed by atoms with E-state index in [2.05, 4.69) is 5.32 Å². The summed E-state index contributed by atoms with van der Waals surface area (Å²) in [5.41, 5.74) is 9.61. The Morgan fingerprint density at radius 3 is 2.76 bits per heavy atom. The Morgan fingerprint density at radius 2 is 2.12 bits per heavy atom. The normalized spacial score (nSPS) is 19.3. The number of nitrogens with one attached hydrogen (secondary N) is 1. The van der Waals surface area contributed by atoms with Crippen molar-refractivity contribution in [2.24, 2.45) is 5.92 Å². The molecule has 1 aromatic rings. The topological polar surface area (TPSA) is 55.1 Å². The molecule has 1 saturated heterocycles. The van der Waals surface area contributed by atoms with E-state index in [4.69, 9.17) is 5.73 Å². The van der Waals surface area contributed by atoms with Crippen LogP contribution in [0.3, 0.4) is 0 Å². The van der Waals surface area contributed by atoms with Crippen molar-refractivity contribution in [3.63, 3.8) is 0 Å². The molecular weight excluding hydrogens is 232 g/mol. The van der Waals surface area contributed by atoms with Gasteiger partial charge in [0.2, 0.25) is 5.91 Å². The van der Waals surface area contributed by atoms with E-state index in [0.717, 1.165) is 34.7 Å². The first-order valence-corrected chi connectivity index (χ1v) is 6.98. The Labute approximate surface area is 106 Å². The molecule has 17 heavy (non-hydrogen) atoms. The van der Waals surface area contributed by atoms with Gasteiger partial charge in [-0.1, -0.05) is 0 Å². The van der Waals surface area contributed by atoms with E-state index in [0.29, 0.717) is 5.69 Å². The number of hydrogen-bond acceptors (Lipinski definition) is 3. The molecule has 0 saturated carbocycles. The van der Waals surface area contributed by atoms with Gasteiger partial charge in [-0.15, -0.1) is 0 Å². The minimum absolute atomic E-state index is 0.102. The monoisotopic (exact) mass is 250 g/mol. The van der Waals surface area contributed by atoms with Crippen LogP contribution in [0, 0.1) is 19.8 Å². The molecule has 0 bridgehead atoms. The first kappa shape index (κ1) is 12.3. The minimum atomic E-state index is 0.102. The fourth-order valence-electron chi connectivity index (χ4n) is 1.92. The lowest BCUT2D eigenvalue weighted by Gasteiger charge is -2.13. The van der Waals surface area contributed by atoms with Crippen LogP contribution in [-0.2, 0) is 4.79 Å². The quantitative estimate of drug-likeness (QED) is 0.793. The fourth-order valence-corrected chi connectivity index (χ4v) is 3.14. The summed E-state index contributed by atoms with van der Waals surface area (Å²) in [6.07, 6.45) is 0.973. The summed E-state index contributed by atoms with van der Waals surface area (Å²) in [6.45, 7) is 4.04. The highest BCUT2D eigenvalue weighted by atomic mass is 32.2. The number of rotatable bonds is 2. The second-order valence-corrected chi connectivity index (χ2v) is 5.72. The lowest BCUT2D eigenvalue weighted by molar-refractivity contribution is -0.119. The van der Waals surface area contributed by atoms with Crippen LogP contribution < -0.4 is 11.1 Å². The van der Waals surface area contributed by atoms with Gasteiger partial charge in [-0.3, -0.25) is 4.79 Å². The van der Waals surface area contributed by atoms with Gasteiger partial charge < -0.3 is 11.1 Å². The number of nitrogen functional groups attached to an aromatic ring is 1. The molecule has 1 unspecified atom stereocenters. The van der Waals surface area contributed by atoms with E-state index in [9.17, 15) is 4.79 Å². The largest absolute Gasteiger partial charge is 0.397 e. The SMILES string of the molecule is Cc1cc(N)c(NC(=O)C2CCSC2)cc1C. The number of carbonyl (C=O) groups excluding carboxylic acids is 1. The highest BCUT2D eigenvalue weighted by molar-refractivity contribution is 7.99. The Bertz CT molecular complexity index is 439. The number of hydrogen-bond donors (Lipinski definition) is 2. The standard InChI is InChI=1S/C13H18N2OS/c1-8-5-11(14)12(6-9(8)2)15-13(16)10-3-4-17-7-10/h5-6,10H,3-4,7,14H2,1-2H3,(H,15,16). The summed E-state index contributed by atoms with van der Waals surface area (Å²) in [4.78, 5) is 12.0. The van der Waals surface area contributed by atoms with Crippen molar-refractivity contribution >= 4 is 29.0 Å². The molecule has 92 valence electrons. The van der Waals surface area contributed by atoms with Crippen molar-refractivity contribution in [2.45, 2.75) is 20.3 Å². The van der Waals surface area contributed by atoms with Crippen molar-refractivity contribution in [2.75, 3.05) is 22.6 Å². The maximum Gasteiger partial charge on any atom is 0.228 e. The Morgan fingerprint density at radius 1 is 1.41 bits per heavy atom. The van der Waals surface area contributed by atoms with Crippen molar-refractivity contribution in [1.29, 1.82) is 0 Å². The highest BCUT2D eigenvalue weighted by Gasteiger charge is 2.23. The number of carbonyl (C=O) groups is 1. The van der Waals surface area contributed by atoms with Gasteiger partial charge in [-0.25, -0.2) is 0 Å². The molecule has 3 nitrogen and oxygen atoms in total. The number of aryl methyl sites for hydroxylation is 2. The Hall–Kier alpha value is -1.16. The second kappa shape index (κ2) is 5.00. The zero-order valence-electron chi connectivity index (χ0n) is 10.2. The van der Waals surface area contributed by atoms with Gasteiger partial charge in [0.25, 0.3) is 0 Å². The molecule has 1 fully saturated rings. The first-order valence-electron chi connectivity index (χ1n) is 5.83. The van der Waals surface area contributed by atoms with Gasteiger partial charge in [-0.05, 0) is 49.3 Å². The molecule has 1 aliphatic heterocycles. The maximum atomic E-state index is 12.0. The van der Waals surface area contributed by atoms with Crippen molar-refractivity contribution in [3.05, 3.63) is 23.3 Å². The van der Waals surface area contributed by atoms with Crippen LogP contribution in [0.4, 0.5) is 11.4 Å². The summed E-state index contributed by atoms with van der Waals surface area (Å²) in [7, 11) is 0. The van der Waals surface area contributed by atoms with E-state index in [1.54, 1.807) is 0 Å². The third kappa shape index (κ3) is 2.75. The predicted octanol–water partition coefficient (Wildman–Crippen LogP) is 2.58. The van der Waals surface area contributed by atoms with E-state index in [-0.39, 0.29) is 11.8 Å². The molecule has 1 aromatic carbocycles. The lowest BCUT2D eigenvalue weighted by atomic mass is 10.1.